The van der Waals surface area contributed by atoms with Crippen LogP contribution in [0.25, 0.3) is 0 Å². The quantitative estimate of drug-likeness (QED) is 0.569. The molecule has 11 heavy (non-hydrogen) atoms. The van der Waals surface area contributed by atoms with Crippen LogP contribution >= 0.6 is 0 Å². The average molecular weight is 154 g/mol. The first kappa shape index (κ1) is 6.67. The van der Waals surface area contributed by atoms with Gasteiger partial charge in [0.25, 0.3) is 0 Å². The van der Waals surface area contributed by atoms with Gasteiger partial charge in [-0.1, -0.05) is 0 Å². The number of hydrogen-bond acceptors (Lipinski definition) is 3. The van der Waals surface area contributed by atoms with E-state index in [0.717, 1.165) is 11.6 Å². The number of rotatable bonds is 0. The first-order valence-corrected chi connectivity index (χ1v) is 3.61. The Labute approximate surface area is 64.4 Å². The molecule has 1 aliphatic heterocycles. The second kappa shape index (κ2) is 2.23. The second-order valence-electron chi connectivity index (χ2n) is 2.77. The highest BCUT2D eigenvalue weighted by molar-refractivity contribution is 5.16. The molecule has 0 aromatic carbocycles. The van der Waals surface area contributed by atoms with Gasteiger partial charge >= 0.3 is 0 Å². The number of aliphatic hydroxyl groups excluding tert-OH is 1. The van der Waals surface area contributed by atoms with Gasteiger partial charge in [-0.25, -0.2) is 4.68 Å². The predicted molar refractivity (Wildman–Crippen MR) is 38.5 cm³/mol. The van der Waals surface area contributed by atoms with Crippen molar-refractivity contribution in [2.75, 3.05) is 6.61 Å². The molecule has 1 aromatic heterocycles. The summed E-state index contributed by atoms with van der Waals surface area (Å²) in [6.45, 7) is 2.83. The summed E-state index contributed by atoms with van der Waals surface area (Å²) in [5.41, 5.74) is 0.925. The van der Waals surface area contributed by atoms with E-state index < -0.39 is 6.10 Å². The minimum Gasteiger partial charge on any atom is -0.475 e. The van der Waals surface area contributed by atoms with Crippen LogP contribution in [0, 0.1) is 6.92 Å². The molecular formula is C7H10N2O2. The van der Waals surface area contributed by atoms with Crippen molar-refractivity contribution in [2.24, 2.45) is 0 Å². The lowest BCUT2D eigenvalue weighted by molar-refractivity contribution is 0.0557. The van der Waals surface area contributed by atoms with Gasteiger partial charge in [-0.3, -0.25) is 0 Å². The summed E-state index contributed by atoms with van der Waals surface area (Å²) in [6, 6.07) is 1.87. The SMILES string of the molecule is Cc1cc2n(n1)C[C@H](O)CO2. The van der Waals surface area contributed by atoms with Crippen molar-refractivity contribution in [3.8, 4) is 5.88 Å². The Morgan fingerprint density at radius 1 is 1.82 bits per heavy atom. The normalized spacial score (nSPS) is 22.5. The third-order valence-corrected chi connectivity index (χ3v) is 1.67. The Kier molecular flexibility index (Phi) is 1.35. The van der Waals surface area contributed by atoms with Gasteiger partial charge < -0.3 is 9.84 Å². The van der Waals surface area contributed by atoms with Gasteiger partial charge in [-0.15, -0.1) is 0 Å². The molecule has 60 valence electrons. The maximum absolute atomic E-state index is 9.18. The van der Waals surface area contributed by atoms with Crippen molar-refractivity contribution in [1.29, 1.82) is 0 Å². The van der Waals surface area contributed by atoms with Crippen LogP contribution in [0.2, 0.25) is 0 Å². The first-order valence-electron chi connectivity index (χ1n) is 3.61. The summed E-state index contributed by atoms with van der Waals surface area (Å²) < 4.78 is 6.89. The molecule has 4 heteroatoms. The Morgan fingerprint density at radius 2 is 2.64 bits per heavy atom. The standard InChI is InChI=1S/C7H10N2O2/c1-5-2-7-9(8-5)3-6(10)4-11-7/h2,6,10H,3-4H2,1H3/t6-/m0/s1. The van der Waals surface area contributed by atoms with E-state index in [9.17, 15) is 5.11 Å². The van der Waals surface area contributed by atoms with Crippen LogP contribution < -0.4 is 4.74 Å². The number of aromatic nitrogens is 2. The zero-order chi connectivity index (χ0) is 7.84. The molecule has 0 unspecified atom stereocenters. The molecule has 0 fully saturated rings. The molecule has 0 spiro atoms. The summed E-state index contributed by atoms with van der Waals surface area (Å²) in [5.74, 6) is 0.757. The topological polar surface area (TPSA) is 47.3 Å². The highest BCUT2D eigenvalue weighted by Crippen LogP contribution is 2.17. The van der Waals surface area contributed by atoms with E-state index >= 15 is 0 Å². The van der Waals surface area contributed by atoms with Crippen LogP contribution in [0.15, 0.2) is 6.07 Å². The molecule has 1 atom stereocenters. The molecule has 4 nitrogen and oxygen atoms in total. The minimum absolute atomic E-state index is 0.380. The largest absolute Gasteiger partial charge is 0.475 e. The summed E-state index contributed by atoms with van der Waals surface area (Å²) in [6.07, 6.45) is -0.415. The van der Waals surface area contributed by atoms with Crippen molar-refractivity contribution >= 4 is 0 Å². The van der Waals surface area contributed by atoms with Crippen LogP contribution in [-0.4, -0.2) is 27.6 Å². The zero-order valence-corrected chi connectivity index (χ0v) is 6.32. The van der Waals surface area contributed by atoms with Crippen molar-refractivity contribution in [2.45, 2.75) is 19.6 Å². The van der Waals surface area contributed by atoms with E-state index in [1.165, 1.54) is 0 Å². The van der Waals surface area contributed by atoms with Gasteiger partial charge in [0.2, 0.25) is 5.88 Å². The lowest BCUT2D eigenvalue weighted by Crippen LogP contribution is -2.29. The number of fused-ring (bicyclic) bond motifs is 1. The molecule has 0 amide bonds. The number of hydrogen-bond donors (Lipinski definition) is 1. The van der Waals surface area contributed by atoms with Gasteiger partial charge in [-0.05, 0) is 6.92 Å². The highest BCUT2D eigenvalue weighted by Gasteiger charge is 2.17. The Bertz CT molecular complexity index is 269. The third-order valence-electron chi connectivity index (χ3n) is 1.67. The van der Waals surface area contributed by atoms with Crippen LogP contribution in [0.5, 0.6) is 5.88 Å². The van der Waals surface area contributed by atoms with Gasteiger partial charge in [0.15, 0.2) is 0 Å². The molecule has 1 aliphatic rings. The molecule has 1 N–H and O–H groups in total. The maximum atomic E-state index is 9.18. The molecule has 1 aromatic rings. The first-order chi connectivity index (χ1) is 5.25. The van der Waals surface area contributed by atoms with E-state index in [4.69, 9.17) is 4.74 Å². The number of ether oxygens (including phenoxy) is 1. The van der Waals surface area contributed by atoms with E-state index in [2.05, 4.69) is 5.10 Å². The summed E-state index contributed by atoms with van der Waals surface area (Å²) in [5, 5.41) is 13.3. The van der Waals surface area contributed by atoms with Gasteiger partial charge in [0.1, 0.15) is 12.7 Å². The predicted octanol–water partition coefficient (Wildman–Crippen LogP) is -0.0552. The summed E-state index contributed by atoms with van der Waals surface area (Å²) in [7, 11) is 0. The minimum atomic E-state index is -0.415. The van der Waals surface area contributed by atoms with Gasteiger partial charge in [0, 0.05) is 6.07 Å². The van der Waals surface area contributed by atoms with Gasteiger partial charge in [0.05, 0.1) is 12.2 Å². The number of nitrogens with zero attached hydrogens (tertiary/aromatic N) is 2. The fourth-order valence-corrected chi connectivity index (χ4v) is 1.20. The van der Waals surface area contributed by atoms with Crippen LogP contribution in [0.3, 0.4) is 0 Å². The molecule has 0 saturated carbocycles. The number of aliphatic hydroxyl groups is 1. The summed E-state index contributed by atoms with van der Waals surface area (Å²) >= 11 is 0. The lowest BCUT2D eigenvalue weighted by Gasteiger charge is -2.19. The number of aryl methyl sites for hydroxylation is 1. The van der Waals surface area contributed by atoms with E-state index in [1.54, 1.807) is 4.68 Å². The highest BCUT2D eigenvalue weighted by atomic mass is 16.5. The van der Waals surface area contributed by atoms with Crippen LogP contribution in [-0.2, 0) is 6.54 Å². The fourth-order valence-electron chi connectivity index (χ4n) is 1.20. The Hall–Kier alpha value is -1.03. The van der Waals surface area contributed by atoms with Crippen LogP contribution in [0.1, 0.15) is 5.69 Å². The molecule has 2 rings (SSSR count). The monoisotopic (exact) mass is 154 g/mol. The Balaban J connectivity index is 2.34. The van der Waals surface area contributed by atoms with Crippen molar-refractivity contribution in [3.05, 3.63) is 11.8 Å². The molecule has 0 radical (unpaired) electrons. The second-order valence-corrected chi connectivity index (χ2v) is 2.77. The summed E-state index contributed by atoms with van der Waals surface area (Å²) in [4.78, 5) is 0. The molecule has 0 aliphatic carbocycles. The van der Waals surface area contributed by atoms with Crippen LogP contribution in [0.4, 0.5) is 0 Å². The van der Waals surface area contributed by atoms with Crippen molar-refractivity contribution in [3.63, 3.8) is 0 Å². The molecule has 0 saturated heterocycles. The molecule has 2 heterocycles. The third kappa shape index (κ3) is 1.09. The van der Waals surface area contributed by atoms with Gasteiger partial charge in [-0.2, -0.15) is 5.10 Å². The smallest absolute Gasteiger partial charge is 0.212 e. The Morgan fingerprint density at radius 3 is 3.45 bits per heavy atom. The average Bonchev–Trinajstić information content (AvgIpc) is 2.27. The van der Waals surface area contributed by atoms with E-state index in [1.807, 2.05) is 13.0 Å². The van der Waals surface area contributed by atoms with Crippen molar-refractivity contribution < 1.29 is 9.84 Å². The molecular weight excluding hydrogens is 144 g/mol. The van der Waals surface area contributed by atoms with E-state index in [0.29, 0.717) is 13.2 Å². The maximum Gasteiger partial charge on any atom is 0.212 e. The van der Waals surface area contributed by atoms with E-state index in [-0.39, 0.29) is 0 Å². The lowest BCUT2D eigenvalue weighted by atomic mass is 10.3. The fraction of sp³-hybridized carbons (Fsp3) is 0.571. The molecule has 0 bridgehead atoms. The van der Waals surface area contributed by atoms with Crippen molar-refractivity contribution in [1.82, 2.24) is 9.78 Å². The zero-order valence-electron chi connectivity index (χ0n) is 6.32.